The summed E-state index contributed by atoms with van der Waals surface area (Å²) in [4.78, 5) is 28.0. The van der Waals surface area contributed by atoms with Crippen molar-refractivity contribution in [3.8, 4) is 5.75 Å². The first-order chi connectivity index (χ1) is 15.7. The van der Waals surface area contributed by atoms with Crippen molar-refractivity contribution in [2.24, 2.45) is 0 Å². The van der Waals surface area contributed by atoms with E-state index in [4.69, 9.17) is 20.8 Å². The number of nitrogens with zero attached hydrogens (tertiary/aromatic N) is 3. The number of nitrogens with one attached hydrogen (secondary N) is 1. The van der Waals surface area contributed by atoms with Crippen LogP contribution >= 0.6 is 11.6 Å². The second-order valence-electron chi connectivity index (χ2n) is 7.11. The van der Waals surface area contributed by atoms with Crippen molar-refractivity contribution in [2.75, 3.05) is 0 Å². The average molecular weight is 445 g/mol. The zero-order valence-corrected chi connectivity index (χ0v) is 17.5. The van der Waals surface area contributed by atoms with Crippen molar-refractivity contribution in [3.63, 3.8) is 0 Å². The summed E-state index contributed by atoms with van der Waals surface area (Å²) in [5.41, 5.74) is 2.75. The molecule has 0 aliphatic heterocycles. The Morgan fingerprint density at radius 2 is 1.88 bits per heavy atom. The predicted molar refractivity (Wildman–Crippen MR) is 119 cm³/mol. The lowest BCUT2D eigenvalue weighted by molar-refractivity contribution is 0.0999. The highest BCUT2D eigenvalue weighted by Crippen LogP contribution is 2.27. The fraction of sp³-hybridized carbons (Fsp3) is 0.0833. The molecule has 32 heavy (non-hydrogen) atoms. The maximum atomic E-state index is 12.8. The molecule has 0 atom stereocenters. The Morgan fingerprint density at radius 1 is 1.03 bits per heavy atom. The molecular weight excluding hydrogens is 428 g/mol. The summed E-state index contributed by atoms with van der Waals surface area (Å²) in [5.74, 6) is 1.24. The van der Waals surface area contributed by atoms with Crippen LogP contribution in [0.4, 0.5) is 0 Å². The molecular formula is C24H17ClN4O3. The number of halogens is 1. The van der Waals surface area contributed by atoms with Gasteiger partial charge in [-0.05, 0) is 35.9 Å². The van der Waals surface area contributed by atoms with Gasteiger partial charge in [0, 0.05) is 29.4 Å². The van der Waals surface area contributed by atoms with Crippen molar-refractivity contribution in [1.82, 2.24) is 19.9 Å². The van der Waals surface area contributed by atoms with Crippen LogP contribution in [0, 0.1) is 0 Å². The Hall–Kier alpha value is -3.97. The Balaban J connectivity index is 1.34. The third-order valence-electron chi connectivity index (χ3n) is 4.86. The van der Waals surface area contributed by atoms with Gasteiger partial charge in [-0.15, -0.1) is 0 Å². The third kappa shape index (κ3) is 4.24. The van der Waals surface area contributed by atoms with E-state index in [9.17, 15) is 4.79 Å². The van der Waals surface area contributed by atoms with Crippen LogP contribution in [-0.4, -0.2) is 25.7 Å². The normalized spacial score (nSPS) is 11.0. The van der Waals surface area contributed by atoms with Gasteiger partial charge in [-0.25, -0.2) is 15.0 Å². The van der Waals surface area contributed by atoms with Crippen molar-refractivity contribution < 1.29 is 13.9 Å². The van der Waals surface area contributed by atoms with Crippen LogP contribution in [0.2, 0.25) is 5.02 Å². The van der Waals surface area contributed by atoms with E-state index in [-0.39, 0.29) is 17.4 Å². The lowest BCUT2D eigenvalue weighted by Crippen LogP contribution is -2.02. The molecule has 0 fully saturated rings. The van der Waals surface area contributed by atoms with Crippen LogP contribution < -0.4 is 4.74 Å². The van der Waals surface area contributed by atoms with Gasteiger partial charge < -0.3 is 14.1 Å². The summed E-state index contributed by atoms with van der Waals surface area (Å²) < 4.78 is 11.8. The van der Waals surface area contributed by atoms with Gasteiger partial charge in [-0.3, -0.25) is 4.79 Å². The second kappa shape index (κ2) is 8.64. The molecule has 0 bridgehead atoms. The number of imidazole rings is 1. The predicted octanol–water partition coefficient (Wildman–Crippen LogP) is 5.00. The molecule has 0 aliphatic rings. The minimum Gasteiger partial charge on any atom is -0.489 e. The number of ether oxygens (including phenoxy) is 1. The Morgan fingerprint density at radius 3 is 2.72 bits per heavy atom. The van der Waals surface area contributed by atoms with Gasteiger partial charge in [0.05, 0.1) is 0 Å². The fourth-order valence-corrected chi connectivity index (χ4v) is 3.51. The largest absolute Gasteiger partial charge is 0.489 e. The molecule has 0 radical (unpaired) electrons. The van der Waals surface area contributed by atoms with Crippen LogP contribution in [0.1, 0.15) is 33.3 Å². The minimum atomic E-state index is -0.373. The number of hydrogen-bond acceptors (Lipinski definition) is 6. The molecule has 158 valence electrons. The molecule has 8 heteroatoms. The van der Waals surface area contributed by atoms with Crippen LogP contribution in [0.25, 0.3) is 11.3 Å². The highest BCUT2D eigenvalue weighted by atomic mass is 35.5. The lowest BCUT2D eigenvalue weighted by Gasteiger charge is -2.11. The standard InChI is InChI=1S/C24H17ClN4O3/c25-17-6-8-19(31-14-15-4-2-1-3-5-15)16(12-17)13-18-7-9-20(32-18)21(30)22-28-23-24(29-22)27-11-10-26-23/h1-12H,13-14H2,(H,26,27,28,29). The van der Waals surface area contributed by atoms with Crippen LogP contribution in [0.15, 0.2) is 77.5 Å². The number of fused-ring (bicyclic) bond motifs is 1. The second-order valence-corrected chi connectivity index (χ2v) is 7.55. The van der Waals surface area contributed by atoms with Crippen LogP contribution in [0.5, 0.6) is 5.75 Å². The number of carbonyl (C=O) groups excluding carboxylic acids is 1. The molecule has 3 aromatic heterocycles. The quantitative estimate of drug-likeness (QED) is 0.355. The van der Waals surface area contributed by atoms with Crippen molar-refractivity contribution in [3.05, 3.63) is 107 Å². The van der Waals surface area contributed by atoms with E-state index in [0.29, 0.717) is 40.9 Å². The fourth-order valence-electron chi connectivity index (χ4n) is 3.32. The lowest BCUT2D eigenvalue weighted by atomic mass is 10.1. The van der Waals surface area contributed by atoms with Crippen LogP contribution in [-0.2, 0) is 13.0 Å². The summed E-state index contributed by atoms with van der Waals surface area (Å²) in [7, 11) is 0. The minimum absolute atomic E-state index is 0.127. The topological polar surface area (TPSA) is 93.9 Å². The van der Waals surface area contributed by atoms with E-state index in [2.05, 4.69) is 19.9 Å². The maximum Gasteiger partial charge on any atom is 0.263 e. The number of furan rings is 1. The number of H-pyrrole nitrogens is 1. The molecule has 0 unspecified atom stereocenters. The number of aromatic amines is 1. The van der Waals surface area contributed by atoms with Gasteiger partial charge in [0.15, 0.2) is 22.9 Å². The summed E-state index contributed by atoms with van der Waals surface area (Å²) in [6, 6.07) is 18.7. The number of rotatable bonds is 7. The van der Waals surface area contributed by atoms with Gasteiger partial charge in [0.1, 0.15) is 18.1 Å². The zero-order chi connectivity index (χ0) is 21.9. The van der Waals surface area contributed by atoms with E-state index in [1.54, 1.807) is 18.2 Å². The van der Waals surface area contributed by atoms with E-state index in [1.807, 2.05) is 42.5 Å². The molecule has 0 amide bonds. The first-order valence-electron chi connectivity index (χ1n) is 9.91. The Labute approximate surface area is 188 Å². The summed E-state index contributed by atoms with van der Waals surface area (Å²) >= 11 is 6.21. The summed E-state index contributed by atoms with van der Waals surface area (Å²) in [6.07, 6.45) is 3.47. The first-order valence-corrected chi connectivity index (χ1v) is 10.3. The number of hydrogen-bond donors (Lipinski definition) is 1. The number of ketones is 1. The molecule has 7 nitrogen and oxygen atoms in total. The monoisotopic (exact) mass is 444 g/mol. The molecule has 1 N–H and O–H groups in total. The zero-order valence-electron chi connectivity index (χ0n) is 16.8. The smallest absolute Gasteiger partial charge is 0.263 e. The first kappa shape index (κ1) is 20.0. The maximum absolute atomic E-state index is 12.8. The number of benzene rings is 2. The number of aromatic nitrogens is 4. The van der Waals surface area contributed by atoms with Crippen LogP contribution in [0.3, 0.4) is 0 Å². The summed E-state index contributed by atoms with van der Waals surface area (Å²) in [6.45, 7) is 0.436. The highest BCUT2D eigenvalue weighted by molar-refractivity contribution is 6.30. The summed E-state index contributed by atoms with van der Waals surface area (Å²) in [5, 5.41) is 0.595. The van der Waals surface area contributed by atoms with Gasteiger partial charge in [0.25, 0.3) is 5.78 Å². The van der Waals surface area contributed by atoms with E-state index in [0.717, 1.165) is 11.1 Å². The van der Waals surface area contributed by atoms with Crippen molar-refractivity contribution >= 4 is 28.7 Å². The van der Waals surface area contributed by atoms with E-state index < -0.39 is 0 Å². The van der Waals surface area contributed by atoms with Gasteiger partial charge >= 0.3 is 0 Å². The highest BCUT2D eigenvalue weighted by Gasteiger charge is 2.19. The molecule has 0 aliphatic carbocycles. The molecule has 2 aromatic carbocycles. The Bertz CT molecular complexity index is 1360. The Kier molecular flexibility index (Phi) is 5.39. The molecule has 0 saturated heterocycles. The molecule has 5 aromatic rings. The molecule has 0 spiro atoms. The van der Waals surface area contributed by atoms with Crippen molar-refractivity contribution in [1.29, 1.82) is 0 Å². The average Bonchev–Trinajstić information content (AvgIpc) is 3.46. The number of carbonyl (C=O) groups is 1. The van der Waals surface area contributed by atoms with Gasteiger partial charge in [-0.2, -0.15) is 0 Å². The molecule has 3 heterocycles. The SMILES string of the molecule is O=C(c1nc2nccnc2[nH]1)c1ccc(Cc2cc(Cl)ccc2OCc2ccccc2)o1. The van der Waals surface area contributed by atoms with Gasteiger partial charge in [0.2, 0.25) is 0 Å². The van der Waals surface area contributed by atoms with E-state index >= 15 is 0 Å². The molecule has 0 saturated carbocycles. The van der Waals surface area contributed by atoms with Crippen molar-refractivity contribution in [2.45, 2.75) is 13.0 Å². The molecule has 5 rings (SSSR count). The van der Waals surface area contributed by atoms with E-state index in [1.165, 1.54) is 12.4 Å². The third-order valence-corrected chi connectivity index (χ3v) is 5.09. The van der Waals surface area contributed by atoms with Gasteiger partial charge in [-0.1, -0.05) is 41.9 Å².